The van der Waals surface area contributed by atoms with E-state index in [-0.39, 0.29) is 17.1 Å². The molecule has 0 unspecified atom stereocenters. The third-order valence-corrected chi connectivity index (χ3v) is 5.88. The van der Waals surface area contributed by atoms with Crippen LogP contribution in [0, 0.1) is 11.8 Å². The summed E-state index contributed by atoms with van der Waals surface area (Å²) in [5.74, 6) is -4.32. The van der Waals surface area contributed by atoms with Crippen LogP contribution in [0.1, 0.15) is 51.2 Å². The maximum atomic E-state index is 13.5. The molecule has 2 aliphatic rings. The number of halogens is 3. The molecule has 1 heterocycles. The second kappa shape index (κ2) is 9.03. The Balaban J connectivity index is 2.18. The Labute approximate surface area is 189 Å². The van der Waals surface area contributed by atoms with Gasteiger partial charge in [-0.25, -0.2) is 4.79 Å². The number of carbonyl (C=O) groups excluding carboxylic acids is 3. The molecule has 1 aliphatic carbocycles. The van der Waals surface area contributed by atoms with Crippen LogP contribution in [0.5, 0.6) is 0 Å². The minimum Gasteiger partial charge on any atom is -0.468 e. The van der Waals surface area contributed by atoms with E-state index >= 15 is 0 Å². The number of hydrogen-bond acceptors (Lipinski definition) is 6. The van der Waals surface area contributed by atoms with Crippen molar-refractivity contribution in [1.82, 2.24) is 5.32 Å². The van der Waals surface area contributed by atoms with Gasteiger partial charge in [-0.1, -0.05) is 19.1 Å². The number of dihydropyridines is 1. The molecule has 6 nitrogen and oxygen atoms in total. The van der Waals surface area contributed by atoms with Gasteiger partial charge in [0.25, 0.3) is 0 Å². The molecule has 0 amide bonds. The molecule has 0 aromatic heterocycles. The standard InChI is InChI=1S/C24H26F3NO5/c1-11(2)33-23(31)18-13(4)28-16-10-12(3)17(22(30)32-5)21(29)20(16)19(18)14-6-8-15(9-7-14)24(25,26)27/h6-9,11-12,17,19,28H,10H2,1-5H3/t12-,17-,19-/m1/s1. The molecule has 1 N–H and O–H groups in total. The molecule has 178 valence electrons. The number of rotatable bonds is 4. The molecule has 9 heteroatoms. The van der Waals surface area contributed by atoms with E-state index in [1.54, 1.807) is 27.7 Å². The summed E-state index contributed by atoms with van der Waals surface area (Å²) < 4.78 is 49.6. The quantitative estimate of drug-likeness (QED) is 0.528. The molecule has 0 saturated heterocycles. The Kier molecular flexibility index (Phi) is 6.72. The smallest absolute Gasteiger partial charge is 0.416 e. The lowest BCUT2D eigenvalue weighted by Crippen LogP contribution is -2.43. The summed E-state index contributed by atoms with van der Waals surface area (Å²) in [6, 6.07) is 4.31. The zero-order valence-corrected chi connectivity index (χ0v) is 19.0. The molecule has 3 atom stereocenters. The van der Waals surface area contributed by atoms with Crippen LogP contribution in [0.25, 0.3) is 0 Å². The first-order valence-corrected chi connectivity index (χ1v) is 10.6. The summed E-state index contributed by atoms with van der Waals surface area (Å²) in [4.78, 5) is 38.9. The van der Waals surface area contributed by atoms with Gasteiger partial charge in [-0.15, -0.1) is 0 Å². The number of carbonyl (C=O) groups is 3. The molecule has 0 spiro atoms. The molecule has 1 aromatic carbocycles. The van der Waals surface area contributed by atoms with Gasteiger partial charge in [0.15, 0.2) is 5.78 Å². The Hall–Kier alpha value is -3.10. The second-order valence-electron chi connectivity index (χ2n) is 8.61. The minimum atomic E-state index is -4.53. The number of esters is 2. The number of methoxy groups -OCH3 is 1. The highest BCUT2D eigenvalue weighted by molar-refractivity contribution is 6.12. The SMILES string of the molecule is COC(=O)[C@H]1C(=O)C2=C(C[C@H]1C)NC(C)=C(C(=O)OC(C)C)[C@H]2c1ccc(C(F)(F)F)cc1. The summed E-state index contributed by atoms with van der Waals surface area (Å²) in [6.07, 6.45) is -4.65. The molecule has 0 radical (unpaired) electrons. The largest absolute Gasteiger partial charge is 0.468 e. The monoisotopic (exact) mass is 465 g/mol. The summed E-state index contributed by atoms with van der Waals surface area (Å²) in [5.41, 5.74) is 0.742. The second-order valence-corrected chi connectivity index (χ2v) is 8.61. The Bertz CT molecular complexity index is 1040. The Morgan fingerprint density at radius 1 is 1.15 bits per heavy atom. The van der Waals surface area contributed by atoms with Gasteiger partial charge in [0.05, 0.1) is 24.4 Å². The van der Waals surface area contributed by atoms with E-state index in [1.165, 1.54) is 19.2 Å². The first-order valence-electron chi connectivity index (χ1n) is 10.6. The molecule has 3 rings (SSSR count). The third-order valence-electron chi connectivity index (χ3n) is 5.88. The van der Waals surface area contributed by atoms with Gasteiger partial charge >= 0.3 is 18.1 Å². The van der Waals surface area contributed by atoms with Gasteiger partial charge in [0.1, 0.15) is 5.92 Å². The fourth-order valence-corrected chi connectivity index (χ4v) is 4.43. The number of Topliss-reactive ketones (excluding diaryl/α,β-unsaturated/α-hetero) is 1. The van der Waals surface area contributed by atoms with Crippen molar-refractivity contribution in [1.29, 1.82) is 0 Å². The van der Waals surface area contributed by atoms with Gasteiger partial charge in [-0.2, -0.15) is 13.2 Å². The summed E-state index contributed by atoms with van der Waals surface area (Å²) in [7, 11) is 1.19. The maximum Gasteiger partial charge on any atom is 0.416 e. The van der Waals surface area contributed by atoms with Crippen LogP contribution in [0.4, 0.5) is 13.2 Å². The van der Waals surface area contributed by atoms with E-state index < -0.39 is 47.4 Å². The number of hydrogen-bond donors (Lipinski definition) is 1. The third kappa shape index (κ3) is 4.67. The van der Waals surface area contributed by atoms with Crippen molar-refractivity contribution in [2.24, 2.45) is 11.8 Å². The predicted molar refractivity (Wildman–Crippen MR) is 113 cm³/mol. The van der Waals surface area contributed by atoms with Crippen molar-refractivity contribution in [3.05, 3.63) is 57.9 Å². The average molecular weight is 465 g/mol. The molecule has 33 heavy (non-hydrogen) atoms. The van der Waals surface area contributed by atoms with Crippen molar-refractivity contribution in [3.8, 4) is 0 Å². The minimum absolute atomic E-state index is 0.119. The molecular formula is C24H26F3NO5. The number of allylic oxidation sites excluding steroid dienone is 3. The predicted octanol–water partition coefficient (Wildman–Crippen LogP) is 4.27. The number of ether oxygens (including phenoxy) is 2. The zero-order chi connectivity index (χ0) is 24.7. The van der Waals surface area contributed by atoms with Crippen LogP contribution in [-0.4, -0.2) is 30.9 Å². The molecule has 0 fully saturated rings. The first kappa shape index (κ1) is 24.5. The van der Waals surface area contributed by atoms with Gasteiger partial charge in [0, 0.05) is 22.9 Å². The van der Waals surface area contributed by atoms with Crippen molar-refractivity contribution in [2.75, 3.05) is 7.11 Å². The van der Waals surface area contributed by atoms with Crippen LogP contribution in [0.15, 0.2) is 46.8 Å². The normalized spacial score (nSPS) is 23.3. The molecule has 1 aliphatic heterocycles. The molecule has 0 saturated carbocycles. The van der Waals surface area contributed by atoms with Crippen LogP contribution in [-0.2, 0) is 30.0 Å². The van der Waals surface area contributed by atoms with Gasteiger partial charge < -0.3 is 14.8 Å². The van der Waals surface area contributed by atoms with E-state index in [1.807, 2.05) is 0 Å². The van der Waals surface area contributed by atoms with E-state index in [9.17, 15) is 27.6 Å². The summed E-state index contributed by atoms with van der Waals surface area (Å²) in [5, 5.41) is 3.10. The molecule has 0 bridgehead atoms. The topological polar surface area (TPSA) is 81.7 Å². The number of benzene rings is 1. The number of nitrogens with one attached hydrogen (secondary N) is 1. The molecular weight excluding hydrogens is 439 g/mol. The van der Waals surface area contributed by atoms with Crippen LogP contribution >= 0.6 is 0 Å². The molecule has 1 aromatic rings. The lowest BCUT2D eigenvalue weighted by Gasteiger charge is -2.38. The van der Waals surface area contributed by atoms with Crippen molar-refractivity contribution in [2.45, 2.75) is 52.3 Å². The first-order chi connectivity index (χ1) is 15.4. The van der Waals surface area contributed by atoms with Crippen molar-refractivity contribution in [3.63, 3.8) is 0 Å². The summed E-state index contributed by atoms with van der Waals surface area (Å²) >= 11 is 0. The van der Waals surface area contributed by atoms with Crippen LogP contribution in [0.2, 0.25) is 0 Å². The highest BCUT2D eigenvalue weighted by Gasteiger charge is 2.47. The Morgan fingerprint density at radius 3 is 2.27 bits per heavy atom. The van der Waals surface area contributed by atoms with Crippen LogP contribution in [0.3, 0.4) is 0 Å². The lowest BCUT2D eigenvalue weighted by molar-refractivity contribution is -0.151. The van der Waals surface area contributed by atoms with Crippen LogP contribution < -0.4 is 5.32 Å². The lowest BCUT2D eigenvalue weighted by atomic mass is 9.69. The van der Waals surface area contributed by atoms with Crippen molar-refractivity contribution < 1.29 is 37.0 Å². The van der Waals surface area contributed by atoms with Gasteiger partial charge in [-0.3, -0.25) is 9.59 Å². The number of alkyl halides is 3. The van der Waals surface area contributed by atoms with Gasteiger partial charge in [0.2, 0.25) is 0 Å². The fourth-order valence-electron chi connectivity index (χ4n) is 4.43. The average Bonchev–Trinajstić information content (AvgIpc) is 2.71. The number of ketones is 1. The Morgan fingerprint density at radius 2 is 1.76 bits per heavy atom. The highest BCUT2D eigenvalue weighted by Crippen LogP contribution is 2.46. The van der Waals surface area contributed by atoms with E-state index in [0.717, 1.165) is 12.1 Å². The zero-order valence-electron chi connectivity index (χ0n) is 19.0. The highest BCUT2D eigenvalue weighted by atomic mass is 19.4. The van der Waals surface area contributed by atoms with E-state index in [2.05, 4.69) is 5.32 Å². The van der Waals surface area contributed by atoms with Gasteiger partial charge in [-0.05, 0) is 50.8 Å². The van der Waals surface area contributed by atoms with E-state index in [0.29, 0.717) is 23.4 Å². The fraction of sp³-hybridized carbons (Fsp3) is 0.458. The van der Waals surface area contributed by atoms with E-state index in [4.69, 9.17) is 9.47 Å². The maximum absolute atomic E-state index is 13.5. The van der Waals surface area contributed by atoms with Crippen molar-refractivity contribution >= 4 is 17.7 Å². The summed E-state index contributed by atoms with van der Waals surface area (Å²) in [6.45, 7) is 6.74.